The Hall–Kier alpha value is -2.94. The minimum Gasteiger partial charge on any atom is -0.493 e. The molecular weight excluding hydrogens is 597 g/mol. The van der Waals surface area contributed by atoms with Gasteiger partial charge in [-0.2, -0.15) is 0 Å². The fraction of sp³-hybridized carbons (Fsp3) is 0.667. The molecule has 2 aromatic rings. The van der Waals surface area contributed by atoms with Crippen LogP contribution in [0.3, 0.4) is 0 Å². The molecule has 3 heterocycles. The number of hydrogen-bond donors (Lipinski definition) is 6. The topological polar surface area (TPSA) is 172 Å². The lowest BCUT2D eigenvalue weighted by Gasteiger charge is -2.39. The van der Waals surface area contributed by atoms with E-state index in [2.05, 4.69) is 27.1 Å². The maximum absolute atomic E-state index is 14.8. The molecule has 4 atom stereocenters. The van der Waals surface area contributed by atoms with Crippen LogP contribution < -0.4 is 15.0 Å². The van der Waals surface area contributed by atoms with E-state index in [4.69, 9.17) is 9.84 Å². The molecule has 2 saturated heterocycles. The number of hydrogen-bond acceptors (Lipinski definition) is 11. The molecule has 1 amide bonds. The molecule has 4 rings (SSSR count). The highest BCUT2D eigenvalue weighted by atomic mass is 19.1. The van der Waals surface area contributed by atoms with Crippen LogP contribution in [0.4, 0.5) is 10.3 Å². The van der Waals surface area contributed by atoms with Gasteiger partial charge in [0.1, 0.15) is 29.9 Å². The van der Waals surface area contributed by atoms with E-state index in [9.17, 15) is 29.6 Å². The summed E-state index contributed by atoms with van der Waals surface area (Å²) >= 11 is 0. The predicted octanol–water partition coefficient (Wildman–Crippen LogP) is 0.670. The Morgan fingerprint density at radius 3 is 2.41 bits per heavy atom. The average Bonchev–Trinajstić information content (AvgIpc) is 3.04. The van der Waals surface area contributed by atoms with E-state index < -0.39 is 36.8 Å². The molecule has 0 unspecified atom stereocenters. The molecule has 0 spiro atoms. The van der Waals surface area contributed by atoms with Gasteiger partial charge in [0.15, 0.2) is 0 Å². The Labute approximate surface area is 270 Å². The van der Waals surface area contributed by atoms with E-state index in [0.717, 1.165) is 57.6 Å². The van der Waals surface area contributed by atoms with Gasteiger partial charge < -0.3 is 45.4 Å². The standard InChI is InChI=1S/C33H50FN5O7/c1-2-4-23-16-36-33(37-17-23)38-10-8-22(9-11-38)5-3-12-46-26-7-6-25(27(34)14-26)13-30(43)39-19-24(20-39)15-35-18-28(41)31(44)32(45)29(42)21-40/h6-7,14,16-17,22,24,28-29,31-32,35,40-42,44-45H,2-5,8-13,15,18-21H2,1H3/t28-,29+,31+,32+/m0/s1. The lowest BCUT2D eigenvalue weighted by molar-refractivity contribution is -0.136. The van der Waals surface area contributed by atoms with Crippen molar-refractivity contribution in [2.75, 3.05) is 57.4 Å². The number of aromatic nitrogens is 2. The Bertz CT molecular complexity index is 1210. The van der Waals surface area contributed by atoms with Crippen molar-refractivity contribution < 1.29 is 39.5 Å². The summed E-state index contributed by atoms with van der Waals surface area (Å²) in [4.78, 5) is 25.6. The third kappa shape index (κ3) is 10.3. The van der Waals surface area contributed by atoms with Crippen molar-refractivity contribution in [1.82, 2.24) is 20.2 Å². The minimum atomic E-state index is -1.67. The van der Waals surface area contributed by atoms with Crippen LogP contribution in [0.15, 0.2) is 30.6 Å². The zero-order valence-electron chi connectivity index (χ0n) is 26.7. The number of aliphatic hydroxyl groups is 5. The third-order valence-corrected chi connectivity index (χ3v) is 8.94. The Kier molecular flexibility index (Phi) is 13.9. The van der Waals surface area contributed by atoms with Crippen LogP contribution in [-0.4, -0.2) is 123 Å². The minimum absolute atomic E-state index is 0.0374. The Morgan fingerprint density at radius 2 is 1.76 bits per heavy atom. The molecule has 0 aliphatic carbocycles. The molecule has 0 radical (unpaired) electrons. The van der Waals surface area contributed by atoms with E-state index in [1.54, 1.807) is 17.0 Å². The zero-order valence-corrected chi connectivity index (χ0v) is 26.7. The number of carbonyl (C=O) groups excluding carboxylic acids is 1. The first-order valence-electron chi connectivity index (χ1n) is 16.5. The van der Waals surface area contributed by atoms with E-state index in [1.807, 2.05) is 12.4 Å². The van der Waals surface area contributed by atoms with Crippen molar-refractivity contribution in [1.29, 1.82) is 0 Å². The van der Waals surface area contributed by atoms with Gasteiger partial charge >= 0.3 is 0 Å². The fourth-order valence-electron chi connectivity index (χ4n) is 5.97. The number of nitrogens with one attached hydrogen (secondary N) is 1. The predicted molar refractivity (Wildman–Crippen MR) is 170 cm³/mol. The molecule has 1 aromatic carbocycles. The number of likely N-dealkylation sites (tertiary alicyclic amines) is 1. The number of anilines is 1. The highest BCUT2D eigenvalue weighted by molar-refractivity contribution is 5.79. The van der Waals surface area contributed by atoms with Gasteiger partial charge in [-0.15, -0.1) is 0 Å². The van der Waals surface area contributed by atoms with Crippen molar-refractivity contribution in [3.05, 3.63) is 47.5 Å². The smallest absolute Gasteiger partial charge is 0.227 e. The van der Waals surface area contributed by atoms with Gasteiger partial charge in [-0.25, -0.2) is 14.4 Å². The normalized spacial score (nSPS) is 18.6. The van der Waals surface area contributed by atoms with Gasteiger partial charge in [-0.05, 0) is 55.2 Å². The average molecular weight is 648 g/mol. The molecule has 2 aliphatic heterocycles. The Morgan fingerprint density at radius 1 is 1.07 bits per heavy atom. The number of benzene rings is 1. The molecule has 0 bridgehead atoms. The number of aliphatic hydroxyl groups excluding tert-OH is 5. The summed E-state index contributed by atoms with van der Waals surface area (Å²) in [5, 5.41) is 50.8. The molecule has 0 saturated carbocycles. The van der Waals surface area contributed by atoms with E-state index in [-0.39, 0.29) is 24.8 Å². The molecule has 6 N–H and O–H groups in total. The van der Waals surface area contributed by atoms with Gasteiger partial charge in [0.05, 0.1) is 25.7 Å². The summed E-state index contributed by atoms with van der Waals surface area (Å²) in [5.74, 6) is 1.36. The van der Waals surface area contributed by atoms with Crippen LogP contribution in [-0.2, 0) is 17.6 Å². The second-order valence-electron chi connectivity index (χ2n) is 12.6. The van der Waals surface area contributed by atoms with E-state index in [0.29, 0.717) is 43.5 Å². The maximum atomic E-state index is 14.8. The molecule has 2 aliphatic rings. The molecule has 2 fully saturated rings. The van der Waals surface area contributed by atoms with Crippen molar-refractivity contribution in [2.45, 2.75) is 76.3 Å². The highest BCUT2D eigenvalue weighted by Crippen LogP contribution is 2.25. The van der Waals surface area contributed by atoms with Gasteiger partial charge in [-0.1, -0.05) is 19.4 Å². The lowest BCUT2D eigenvalue weighted by Crippen LogP contribution is -2.55. The number of aryl methyl sites for hydroxylation is 1. The van der Waals surface area contributed by atoms with Crippen molar-refractivity contribution in [2.24, 2.45) is 11.8 Å². The number of ether oxygens (including phenoxy) is 1. The van der Waals surface area contributed by atoms with Crippen LogP contribution in [0.2, 0.25) is 0 Å². The summed E-state index contributed by atoms with van der Waals surface area (Å²) in [5.41, 5.74) is 1.49. The van der Waals surface area contributed by atoms with E-state index in [1.165, 1.54) is 11.6 Å². The summed E-state index contributed by atoms with van der Waals surface area (Å²) in [7, 11) is 0. The number of rotatable bonds is 18. The first-order chi connectivity index (χ1) is 22.2. The Balaban J connectivity index is 1.08. The number of nitrogens with zero attached hydrogens (tertiary/aromatic N) is 4. The third-order valence-electron chi connectivity index (χ3n) is 8.94. The van der Waals surface area contributed by atoms with E-state index >= 15 is 0 Å². The number of carbonyl (C=O) groups is 1. The van der Waals surface area contributed by atoms with Gasteiger partial charge in [0.25, 0.3) is 0 Å². The second-order valence-corrected chi connectivity index (χ2v) is 12.6. The molecule has 1 aromatic heterocycles. The number of amides is 1. The largest absolute Gasteiger partial charge is 0.493 e. The fourth-order valence-corrected chi connectivity index (χ4v) is 5.97. The van der Waals surface area contributed by atoms with Crippen molar-refractivity contribution in [3.8, 4) is 5.75 Å². The molecule has 12 nitrogen and oxygen atoms in total. The quantitative estimate of drug-likeness (QED) is 0.126. The first-order valence-corrected chi connectivity index (χ1v) is 16.5. The number of halogens is 1. The van der Waals surface area contributed by atoms with Crippen LogP contribution >= 0.6 is 0 Å². The molecule has 13 heteroatoms. The number of piperidine rings is 1. The molecule has 256 valence electrons. The maximum Gasteiger partial charge on any atom is 0.227 e. The zero-order chi connectivity index (χ0) is 33.1. The van der Waals surface area contributed by atoms with Crippen molar-refractivity contribution >= 4 is 11.9 Å². The first kappa shape index (κ1) is 35.9. The molecule has 46 heavy (non-hydrogen) atoms. The van der Waals surface area contributed by atoms with Gasteiger partial charge in [-0.3, -0.25) is 4.79 Å². The van der Waals surface area contributed by atoms with Crippen LogP contribution in [0.1, 0.15) is 50.2 Å². The SMILES string of the molecule is CCCc1cnc(N2CCC(CCCOc3ccc(CC(=O)N4CC(CNC[C@H](O)[C@@H](O)[C@H](O)[C@H](O)CO)C4)c(F)c3)CC2)nc1. The monoisotopic (exact) mass is 647 g/mol. The van der Waals surface area contributed by atoms with Crippen LogP contribution in [0, 0.1) is 17.7 Å². The summed E-state index contributed by atoms with van der Waals surface area (Å²) < 4.78 is 20.6. The molecular formula is C33H50FN5O7. The summed E-state index contributed by atoms with van der Waals surface area (Å²) in [6.07, 6.45) is 3.81. The summed E-state index contributed by atoms with van der Waals surface area (Å²) in [6, 6.07) is 4.64. The van der Waals surface area contributed by atoms with Crippen LogP contribution in [0.25, 0.3) is 0 Å². The van der Waals surface area contributed by atoms with Crippen LogP contribution in [0.5, 0.6) is 5.75 Å². The lowest BCUT2D eigenvalue weighted by atomic mass is 9.92. The van der Waals surface area contributed by atoms with Gasteiger partial charge in [0.2, 0.25) is 11.9 Å². The van der Waals surface area contributed by atoms with Gasteiger partial charge in [0, 0.05) is 63.6 Å². The van der Waals surface area contributed by atoms with Crippen molar-refractivity contribution in [3.63, 3.8) is 0 Å². The highest BCUT2D eigenvalue weighted by Gasteiger charge is 2.32. The second kappa shape index (κ2) is 17.8. The summed E-state index contributed by atoms with van der Waals surface area (Å²) in [6.45, 7) is 5.20.